The summed E-state index contributed by atoms with van der Waals surface area (Å²) in [6, 6.07) is 18.7. The van der Waals surface area contributed by atoms with Crippen LogP contribution in [0.4, 0.5) is 34.6 Å². The lowest BCUT2D eigenvalue weighted by molar-refractivity contribution is -0.385. The third kappa shape index (κ3) is 6.54. The van der Waals surface area contributed by atoms with Crippen LogP contribution in [-0.2, 0) is 12.8 Å². The molecule has 4 aromatic rings. The average molecular weight is 608 g/mol. The predicted octanol–water partition coefficient (Wildman–Crippen LogP) is 6.35. The fraction of sp³-hybridized carbons (Fsp3) is 0.226. The number of rotatable bonds is 9. The van der Waals surface area contributed by atoms with Gasteiger partial charge in [-0.2, -0.15) is 20.2 Å². The van der Waals surface area contributed by atoms with E-state index in [2.05, 4.69) is 36.3 Å². The van der Waals surface area contributed by atoms with Gasteiger partial charge in [0.2, 0.25) is 5.95 Å². The molecule has 3 N–H and O–H groups in total. The molecule has 6 rings (SSSR count). The normalized spacial score (nSPS) is 15.6. The summed E-state index contributed by atoms with van der Waals surface area (Å²) in [5.41, 5.74) is 11.5. The molecular weight excluding hydrogens is 578 g/mol. The summed E-state index contributed by atoms with van der Waals surface area (Å²) >= 11 is 0. The number of benzene rings is 3. The monoisotopic (exact) mass is 607 g/mol. The number of non-ortho nitro benzene ring substituents is 2. The summed E-state index contributed by atoms with van der Waals surface area (Å²) in [4.78, 5) is 31.1. The van der Waals surface area contributed by atoms with Crippen molar-refractivity contribution in [3.05, 3.63) is 109 Å². The summed E-state index contributed by atoms with van der Waals surface area (Å²) in [6.07, 6.45) is 4.63. The molecule has 0 aliphatic heterocycles. The Hall–Kier alpha value is -5.92. The fourth-order valence-electron chi connectivity index (χ4n) is 5.46. The first-order valence-electron chi connectivity index (χ1n) is 14.4. The van der Waals surface area contributed by atoms with Crippen molar-refractivity contribution in [1.82, 2.24) is 9.97 Å². The minimum absolute atomic E-state index is 0.00824. The van der Waals surface area contributed by atoms with Gasteiger partial charge < -0.3 is 10.1 Å². The third-order valence-electron chi connectivity index (χ3n) is 7.64. The highest BCUT2D eigenvalue weighted by atomic mass is 16.6. The van der Waals surface area contributed by atoms with Crippen LogP contribution in [0.15, 0.2) is 76.9 Å². The molecule has 14 nitrogen and oxygen atoms in total. The lowest BCUT2D eigenvalue weighted by Gasteiger charge is -2.18. The second-order valence-corrected chi connectivity index (χ2v) is 10.5. The summed E-state index contributed by atoms with van der Waals surface area (Å²) in [5, 5.41) is 35.2. The van der Waals surface area contributed by atoms with Crippen LogP contribution in [0, 0.1) is 20.2 Å². The lowest BCUT2D eigenvalue weighted by Crippen LogP contribution is -2.15. The van der Waals surface area contributed by atoms with E-state index in [1.807, 2.05) is 18.2 Å². The number of hydrogen-bond acceptors (Lipinski definition) is 12. The van der Waals surface area contributed by atoms with Crippen molar-refractivity contribution < 1.29 is 14.6 Å². The van der Waals surface area contributed by atoms with Gasteiger partial charge in [0, 0.05) is 41.5 Å². The standard InChI is InChI=1S/C31H29N9O5/c1-45-28-11-3-2-8-27(28)32-31-33-29(37-35-25-9-4-6-19-12-14-21(39(41)42)16-23(19)25)18-30(34-31)38-36-26-10-5-7-20-13-15-22(40(43)44)17-24(20)26/h2-3,8,11-18H,4-7,9-10H2,1H3,(H3,32,33,34,37,38). The third-order valence-corrected chi connectivity index (χ3v) is 7.64. The predicted molar refractivity (Wildman–Crippen MR) is 171 cm³/mol. The molecule has 0 radical (unpaired) electrons. The second-order valence-electron chi connectivity index (χ2n) is 10.5. The molecule has 228 valence electrons. The molecule has 0 atom stereocenters. The van der Waals surface area contributed by atoms with Crippen LogP contribution < -0.4 is 20.9 Å². The number of nitrogens with zero attached hydrogens (tertiary/aromatic N) is 6. The Labute approximate surface area is 257 Å². The van der Waals surface area contributed by atoms with Crippen molar-refractivity contribution in [3.63, 3.8) is 0 Å². The van der Waals surface area contributed by atoms with E-state index in [1.165, 1.54) is 12.1 Å². The van der Waals surface area contributed by atoms with E-state index in [9.17, 15) is 20.2 Å². The number of hydrogen-bond donors (Lipinski definition) is 3. The number of para-hydroxylation sites is 2. The zero-order valence-electron chi connectivity index (χ0n) is 24.3. The van der Waals surface area contributed by atoms with Gasteiger partial charge in [-0.05, 0) is 61.8 Å². The molecule has 2 aliphatic carbocycles. The van der Waals surface area contributed by atoms with E-state index in [0.717, 1.165) is 47.9 Å². The van der Waals surface area contributed by atoms with Gasteiger partial charge in [-0.15, -0.1) is 0 Å². The highest BCUT2D eigenvalue weighted by molar-refractivity contribution is 6.04. The van der Waals surface area contributed by atoms with Crippen molar-refractivity contribution in [2.45, 2.75) is 38.5 Å². The van der Waals surface area contributed by atoms with Crippen LogP contribution in [0.1, 0.15) is 47.9 Å². The average Bonchev–Trinajstić information content (AvgIpc) is 3.06. The number of nitro groups is 2. The number of nitrogens with one attached hydrogen (secondary N) is 3. The van der Waals surface area contributed by atoms with Crippen LogP contribution >= 0.6 is 0 Å². The summed E-state index contributed by atoms with van der Waals surface area (Å²) in [7, 11) is 1.57. The lowest BCUT2D eigenvalue weighted by atomic mass is 9.90. The zero-order chi connectivity index (χ0) is 31.3. The van der Waals surface area contributed by atoms with Gasteiger partial charge in [0.15, 0.2) is 11.6 Å². The van der Waals surface area contributed by atoms with Crippen LogP contribution in [0.2, 0.25) is 0 Å². The first-order valence-corrected chi connectivity index (χ1v) is 14.4. The maximum Gasteiger partial charge on any atom is 0.270 e. The van der Waals surface area contributed by atoms with Gasteiger partial charge in [-0.25, -0.2) is 0 Å². The Morgan fingerprint density at radius 2 is 1.27 bits per heavy atom. The molecule has 14 heteroatoms. The van der Waals surface area contributed by atoms with E-state index in [-0.39, 0.29) is 17.3 Å². The first-order chi connectivity index (χ1) is 21.9. The zero-order valence-corrected chi connectivity index (χ0v) is 24.3. The maximum atomic E-state index is 11.4. The smallest absolute Gasteiger partial charge is 0.270 e. The van der Waals surface area contributed by atoms with Gasteiger partial charge in [0.05, 0.1) is 34.1 Å². The number of hydrazone groups is 2. The molecule has 1 heterocycles. The first kappa shape index (κ1) is 29.2. The van der Waals surface area contributed by atoms with Crippen molar-refractivity contribution in [1.29, 1.82) is 0 Å². The molecule has 2 aliphatic rings. The van der Waals surface area contributed by atoms with Crippen molar-refractivity contribution in [3.8, 4) is 5.75 Å². The van der Waals surface area contributed by atoms with Gasteiger partial charge >= 0.3 is 0 Å². The van der Waals surface area contributed by atoms with E-state index in [4.69, 9.17) is 4.74 Å². The van der Waals surface area contributed by atoms with E-state index in [0.29, 0.717) is 47.3 Å². The number of methoxy groups -OCH3 is 1. The van der Waals surface area contributed by atoms with Crippen molar-refractivity contribution >= 4 is 46.1 Å². The maximum absolute atomic E-state index is 11.4. The second kappa shape index (κ2) is 12.8. The summed E-state index contributed by atoms with van der Waals surface area (Å²) in [6.45, 7) is 0. The van der Waals surface area contributed by atoms with Crippen LogP contribution in [-0.4, -0.2) is 38.3 Å². The van der Waals surface area contributed by atoms with Crippen LogP contribution in [0.25, 0.3) is 0 Å². The van der Waals surface area contributed by atoms with Crippen LogP contribution in [0.3, 0.4) is 0 Å². The summed E-state index contributed by atoms with van der Waals surface area (Å²) in [5.74, 6) is 1.51. The Morgan fingerprint density at radius 3 is 1.78 bits per heavy atom. The molecule has 0 spiro atoms. The van der Waals surface area contributed by atoms with Gasteiger partial charge in [-0.1, -0.05) is 24.3 Å². The van der Waals surface area contributed by atoms with Crippen molar-refractivity contribution in [2.75, 3.05) is 23.3 Å². The number of ether oxygens (including phenoxy) is 1. The molecule has 3 aromatic carbocycles. The van der Waals surface area contributed by atoms with Gasteiger partial charge in [-0.3, -0.25) is 31.1 Å². The van der Waals surface area contributed by atoms with Gasteiger partial charge in [0.1, 0.15) is 5.75 Å². The quantitative estimate of drug-likeness (QED) is 0.143. The molecule has 0 bridgehead atoms. The molecule has 0 fully saturated rings. The molecule has 45 heavy (non-hydrogen) atoms. The number of aromatic nitrogens is 2. The Kier molecular flexibility index (Phi) is 8.26. The van der Waals surface area contributed by atoms with E-state index < -0.39 is 9.85 Å². The molecule has 1 aromatic heterocycles. The molecule has 0 saturated carbocycles. The number of nitro benzene ring substituents is 2. The van der Waals surface area contributed by atoms with Crippen LogP contribution in [0.5, 0.6) is 5.75 Å². The minimum Gasteiger partial charge on any atom is -0.495 e. The topological polar surface area (TPSA) is 182 Å². The number of fused-ring (bicyclic) bond motifs is 2. The Morgan fingerprint density at radius 1 is 0.733 bits per heavy atom. The molecular formula is C31H29N9O5. The van der Waals surface area contributed by atoms with E-state index in [1.54, 1.807) is 43.5 Å². The van der Waals surface area contributed by atoms with Gasteiger partial charge in [0.25, 0.3) is 11.4 Å². The SMILES string of the molecule is COc1ccccc1Nc1nc(NN=C2CCCc3ccc([N+](=O)[O-])cc32)cc(NN=C2CCCc3ccc([N+](=O)[O-])cc32)n1. The Bertz CT molecular complexity index is 1750. The fourth-order valence-corrected chi connectivity index (χ4v) is 5.46. The largest absolute Gasteiger partial charge is 0.495 e. The minimum atomic E-state index is -0.414. The number of aryl methyl sites for hydroxylation is 2. The highest BCUT2D eigenvalue weighted by Gasteiger charge is 2.21. The highest BCUT2D eigenvalue weighted by Crippen LogP contribution is 2.29. The summed E-state index contributed by atoms with van der Waals surface area (Å²) < 4.78 is 5.46. The molecule has 0 unspecified atom stereocenters. The van der Waals surface area contributed by atoms with Crippen molar-refractivity contribution in [2.24, 2.45) is 10.2 Å². The molecule has 0 saturated heterocycles. The number of anilines is 4. The molecule has 0 amide bonds. The Balaban J connectivity index is 1.33. The van der Waals surface area contributed by atoms with E-state index >= 15 is 0 Å².